The number of carbonyl (C=O) groups excluding carboxylic acids is 1. The summed E-state index contributed by atoms with van der Waals surface area (Å²) in [7, 11) is -4.08. The molecule has 1 aliphatic rings. The molecule has 9 nitrogen and oxygen atoms in total. The second-order valence-electron chi connectivity index (χ2n) is 6.96. The third-order valence-electron chi connectivity index (χ3n) is 5.07. The fraction of sp³-hybridized carbons (Fsp3) is 0.316. The Kier molecular flexibility index (Phi) is 6.62. The van der Waals surface area contributed by atoms with Gasteiger partial charge < -0.3 is 5.32 Å². The Morgan fingerprint density at radius 3 is 2.35 bits per heavy atom. The number of carbonyl (C=O) groups is 1. The van der Waals surface area contributed by atoms with E-state index in [2.05, 4.69) is 5.32 Å². The van der Waals surface area contributed by atoms with Crippen molar-refractivity contribution in [1.29, 1.82) is 0 Å². The van der Waals surface area contributed by atoms with Gasteiger partial charge in [0.15, 0.2) is 16.5 Å². The van der Waals surface area contributed by atoms with E-state index in [1.807, 2.05) is 0 Å². The van der Waals surface area contributed by atoms with Gasteiger partial charge in [-0.2, -0.15) is 4.31 Å². The molecule has 1 saturated heterocycles. The molecule has 3 rings (SSSR count). The first kappa shape index (κ1) is 22.7. The molecular formula is C19H20F2N4O5S. The molecule has 0 saturated carbocycles. The molecule has 1 amide bonds. The van der Waals surface area contributed by atoms with Gasteiger partial charge in [-0.25, -0.2) is 17.2 Å². The summed E-state index contributed by atoms with van der Waals surface area (Å²) < 4.78 is 53.2. The number of hydrogen-bond acceptors (Lipinski definition) is 6. The van der Waals surface area contributed by atoms with Crippen LogP contribution in [-0.4, -0.2) is 60.7 Å². The highest BCUT2D eigenvalue weighted by molar-refractivity contribution is 7.89. The van der Waals surface area contributed by atoms with Crippen molar-refractivity contribution in [2.24, 2.45) is 0 Å². The number of piperazine rings is 1. The van der Waals surface area contributed by atoms with Crippen LogP contribution in [0.1, 0.15) is 6.92 Å². The molecule has 1 unspecified atom stereocenters. The molecule has 2 aromatic rings. The summed E-state index contributed by atoms with van der Waals surface area (Å²) in [5, 5.41) is 13.7. The molecule has 1 heterocycles. The van der Waals surface area contributed by atoms with Gasteiger partial charge >= 0.3 is 0 Å². The van der Waals surface area contributed by atoms with Crippen LogP contribution in [0.2, 0.25) is 0 Å². The van der Waals surface area contributed by atoms with E-state index in [0.29, 0.717) is 0 Å². The monoisotopic (exact) mass is 454 g/mol. The van der Waals surface area contributed by atoms with Gasteiger partial charge in [-0.05, 0) is 25.1 Å². The highest BCUT2D eigenvalue weighted by Gasteiger charge is 2.35. The molecule has 1 atom stereocenters. The van der Waals surface area contributed by atoms with Crippen molar-refractivity contribution in [2.75, 3.05) is 31.5 Å². The Morgan fingerprint density at radius 2 is 1.74 bits per heavy atom. The van der Waals surface area contributed by atoms with E-state index in [1.54, 1.807) is 11.8 Å². The Labute approximate surface area is 177 Å². The van der Waals surface area contributed by atoms with Crippen molar-refractivity contribution in [1.82, 2.24) is 9.21 Å². The quantitative estimate of drug-likeness (QED) is 0.529. The number of sulfonamides is 1. The van der Waals surface area contributed by atoms with Crippen LogP contribution in [0.15, 0.2) is 47.4 Å². The molecule has 0 aromatic heterocycles. The first-order valence-electron chi connectivity index (χ1n) is 9.35. The van der Waals surface area contributed by atoms with Crippen LogP contribution in [-0.2, 0) is 14.8 Å². The van der Waals surface area contributed by atoms with Crippen LogP contribution in [0, 0.1) is 21.7 Å². The van der Waals surface area contributed by atoms with E-state index >= 15 is 0 Å². The molecule has 0 spiro atoms. The molecule has 1 aliphatic heterocycles. The minimum atomic E-state index is -4.08. The first-order valence-corrected chi connectivity index (χ1v) is 10.8. The lowest BCUT2D eigenvalue weighted by Crippen LogP contribution is -2.53. The maximum atomic E-state index is 13.3. The van der Waals surface area contributed by atoms with Crippen LogP contribution in [0.25, 0.3) is 0 Å². The molecule has 0 aliphatic carbocycles. The maximum Gasteiger partial charge on any atom is 0.289 e. The second kappa shape index (κ2) is 9.04. The number of anilines is 1. The van der Waals surface area contributed by atoms with Crippen LogP contribution < -0.4 is 5.32 Å². The van der Waals surface area contributed by atoms with Gasteiger partial charge in [-0.3, -0.25) is 19.8 Å². The largest absolute Gasteiger partial charge is 0.325 e. The number of nitrogens with one attached hydrogen (secondary N) is 1. The summed E-state index contributed by atoms with van der Waals surface area (Å²) in [5.74, 6) is -2.57. The number of nitrogens with zero attached hydrogens (tertiary/aromatic N) is 3. The highest BCUT2D eigenvalue weighted by Crippen LogP contribution is 2.27. The Morgan fingerprint density at radius 1 is 1.10 bits per heavy atom. The third kappa shape index (κ3) is 4.86. The lowest BCUT2D eigenvalue weighted by molar-refractivity contribution is -0.387. The third-order valence-corrected chi connectivity index (χ3v) is 7.01. The summed E-state index contributed by atoms with van der Waals surface area (Å²) in [5.41, 5.74) is -0.391. The topological polar surface area (TPSA) is 113 Å². The standard InChI is InChI=1S/C19H20F2N4O5S/c1-13(19(26)22-14-6-7-15(20)16(21)12-14)23-8-10-24(11-9-23)31(29,30)18-5-3-2-4-17(18)25(27)28/h2-7,12-13H,8-11H2,1H3,(H,22,26). The van der Waals surface area contributed by atoms with Gasteiger partial charge in [0.2, 0.25) is 15.9 Å². The molecule has 166 valence electrons. The molecule has 0 radical (unpaired) electrons. The number of halogens is 2. The number of nitro groups is 1. The zero-order valence-electron chi connectivity index (χ0n) is 16.5. The SMILES string of the molecule is CC(C(=O)Nc1ccc(F)c(F)c1)N1CCN(S(=O)(=O)c2ccccc2[N+](=O)[O-])CC1. The number of amides is 1. The molecule has 2 aromatic carbocycles. The predicted molar refractivity (Wildman–Crippen MR) is 108 cm³/mol. The van der Waals surface area contributed by atoms with Crippen LogP contribution in [0.3, 0.4) is 0 Å². The van der Waals surface area contributed by atoms with Gasteiger partial charge in [0.25, 0.3) is 5.69 Å². The summed E-state index contributed by atoms with van der Waals surface area (Å²) in [4.78, 5) is 24.3. The fourth-order valence-corrected chi connectivity index (χ4v) is 4.86. The molecule has 1 N–H and O–H groups in total. The van der Waals surface area contributed by atoms with Crippen molar-refractivity contribution in [3.05, 3.63) is 64.2 Å². The number of rotatable bonds is 6. The van der Waals surface area contributed by atoms with Gasteiger partial charge in [0.1, 0.15) is 0 Å². The Balaban J connectivity index is 1.65. The van der Waals surface area contributed by atoms with E-state index in [0.717, 1.165) is 22.5 Å². The van der Waals surface area contributed by atoms with Crippen LogP contribution >= 0.6 is 0 Å². The van der Waals surface area contributed by atoms with Crippen molar-refractivity contribution < 1.29 is 26.9 Å². The summed E-state index contributed by atoms with van der Waals surface area (Å²) in [6.45, 7) is 2.12. The summed E-state index contributed by atoms with van der Waals surface area (Å²) in [6.07, 6.45) is 0. The first-order chi connectivity index (χ1) is 14.6. The van der Waals surface area contributed by atoms with Crippen molar-refractivity contribution in [2.45, 2.75) is 17.9 Å². The molecule has 31 heavy (non-hydrogen) atoms. The summed E-state index contributed by atoms with van der Waals surface area (Å²) >= 11 is 0. The molecule has 12 heteroatoms. The van der Waals surface area contributed by atoms with E-state index in [9.17, 15) is 32.1 Å². The van der Waals surface area contributed by atoms with Crippen molar-refractivity contribution in [3.63, 3.8) is 0 Å². The fourth-order valence-electron chi connectivity index (χ4n) is 3.28. The van der Waals surface area contributed by atoms with Gasteiger partial charge in [0, 0.05) is 44.0 Å². The Hall–Kier alpha value is -2.96. The summed E-state index contributed by atoms with van der Waals surface area (Å²) in [6, 6.07) is 7.48. The maximum absolute atomic E-state index is 13.3. The van der Waals surface area contributed by atoms with Crippen LogP contribution in [0.5, 0.6) is 0 Å². The lowest BCUT2D eigenvalue weighted by Gasteiger charge is -2.36. The predicted octanol–water partition coefficient (Wildman–Crippen LogP) is 2.21. The molecule has 0 bridgehead atoms. The molecular weight excluding hydrogens is 434 g/mol. The minimum Gasteiger partial charge on any atom is -0.325 e. The number of hydrogen-bond donors (Lipinski definition) is 1. The minimum absolute atomic E-state index is 0.0389. The molecule has 1 fully saturated rings. The average Bonchev–Trinajstić information content (AvgIpc) is 2.75. The van der Waals surface area contributed by atoms with Gasteiger partial charge in [0.05, 0.1) is 11.0 Å². The van der Waals surface area contributed by atoms with Gasteiger partial charge in [-0.1, -0.05) is 12.1 Å². The number of para-hydroxylation sites is 1. The Bertz CT molecular complexity index is 1100. The normalized spacial score (nSPS) is 16.6. The lowest BCUT2D eigenvalue weighted by atomic mass is 10.2. The van der Waals surface area contributed by atoms with Gasteiger partial charge in [-0.15, -0.1) is 0 Å². The zero-order chi connectivity index (χ0) is 22.8. The van der Waals surface area contributed by atoms with Crippen LogP contribution in [0.4, 0.5) is 20.2 Å². The zero-order valence-corrected chi connectivity index (χ0v) is 17.3. The van der Waals surface area contributed by atoms with Crippen molar-refractivity contribution >= 4 is 27.3 Å². The second-order valence-corrected chi connectivity index (χ2v) is 8.87. The van der Waals surface area contributed by atoms with Crippen molar-refractivity contribution in [3.8, 4) is 0 Å². The van der Waals surface area contributed by atoms with E-state index in [4.69, 9.17) is 0 Å². The van der Waals surface area contributed by atoms with E-state index < -0.39 is 44.2 Å². The number of benzene rings is 2. The smallest absolute Gasteiger partial charge is 0.289 e. The highest BCUT2D eigenvalue weighted by atomic mass is 32.2. The number of nitro benzene ring substituents is 1. The van der Waals surface area contributed by atoms with E-state index in [1.165, 1.54) is 24.3 Å². The van der Waals surface area contributed by atoms with E-state index in [-0.39, 0.29) is 36.8 Å². The average molecular weight is 454 g/mol.